The molecule has 150 valence electrons. The van der Waals surface area contributed by atoms with Gasteiger partial charge in [-0.15, -0.1) is 24.0 Å². The molecule has 0 aliphatic carbocycles. The Balaban J connectivity index is 0.00000625. The molecule has 1 aromatic rings. The zero-order valence-corrected chi connectivity index (χ0v) is 18.8. The second-order valence-electron chi connectivity index (χ2n) is 6.14. The number of methoxy groups -OCH3 is 1. The number of guanidine groups is 1. The van der Waals surface area contributed by atoms with Crippen LogP contribution in [0.25, 0.3) is 0 Å². The first kappa shape index (κ1) is 25.1. The van der Waals surface area contributed by atoms with Gasteiger partial charge in [0.2, 0.25) is 0 Å². The third-order valence-corrected chi connectivity index (χ3v) is 3.83. The molecule has 1 atom stereocenters. The molecule has 1 aromatic carbocycles. The van der Waals surface area contributed by atoms with Crippen molar-refractivity contribution in [3.05, 3.63) is 35.9 Å². The molecule has 2 N–H and O–H groups in total. The van der Waals surface area contributed by atoms with Gasteiger partial charge in [-0.2, -0.15) is 0 Å². The normalized spacial score (nSPS) is 12.3. The lowest BCUT2D eigenvalue weighted by Gasteiger charge is -2.18. The number of aryl methyl sites for hydroxylation is 1. The van der Waals surface area contributed by atoms with Crippen molar-refractivity contribution in [2.45, 2.75) is 45.6 Å². The number of nitrogens with one attached hydrogen (secondary N) is 2. The fraction of sp³-hybridized carbons (Fsp3) is 0.650. The van der Waals surface area contributed by atoms with Crippen molar-refractivity contribution in [3.8, 4) is 0 Å². The molecule has 0 amide bonds. The van der Waals surface area contributed by atoms with Crippen LogP contribution in [0.15, 0.2) is 35.3 Å². The van der Waals surface area contributed by atoms with Crippen LogP contribution >= 0.6 is 24.0 Å². The van der Waals surface area contributed by atoms with Crippen molar-refractivity contribution in [1.82, 2.24) is 10.6 Å². The van der Waals surface area contributed by atoms with Gasteiger partial charge in [0.1, 0.15) is 0 Å². The fourth-order valence-corrected chi connectivity index (χ4v) is 2.40. The molecule has 0 saturated carbocycles. The average molecular weight is 477 g/mol. The maximum atomic E-state index is 5.46. The van der Waals surface area contributed by atoms with Gasteiger partial charge in [0.25, 0.3) is 0 Å². The number of benzene rings is 1. The Kier molecular flexibility index (Phi) is 17.0. The maximum absolute atomic E-state index is 5.46. The number of hydrogen-bond acceptors (Lipinski definition) is 3. The van der Waals surface area contributed by atoms with Crippen molar-refractivity contribution >= 4 is 29.9 Å². The second kappa shape index (κ2) is 17.5. The van der Waals surface area contributed by atoms with Crippen LogP contribution in [0.5, 0.6) is 0 Å². The number of ether oxygens (including phenoxy) is 2. The molecular formula is C20H36IN3O2. The first-order valence-corrected chi connectivity index (χ1v) is 9.41. The smallest absolute Gasteiger partial charge is 0.191 e. The van der Waals surface area contributed by atoms with Crippen molar-refractivity contribution in [3.63, 3.8) is 0 Å². The number of unbranched alkanes of at least 4 members (excludes halogenated alkanes) is 1. The molecule has 1 rings (SSSR count). The lowest BCUT2D eigenvalue weighted by Crippen LogP contribution is -2.42. The van der Waals surface area contributed by atoms with E-state index in [0.717, 1.165) is 51.3 Å². The third-order valence-electron chi connectivity index (χ3n) is 3.83. The molecular weight excluding hydrogens is 441 g/mol. The minimum atomic E-state index is 0. The molecule has 0 bridgehead atoms. The number of hydrogen-bond donors (Lipinski definition) is 2. The molecule has 1 unspecified atom stereocenters. The minimum absolute atomic E-state index is 0. The Hall–Kier alpha value is -0.860. The summed E-state index contributed by atoms with van der Waals surface area (Å²) in [6.45, 7) is 8.09. The topological polar surface area (TPSA) is 54.9 Å². The summed E-state index contributed by atoms with van der Waals surface area (Å²) >= 11 is 0. The predicted molar refractivity (Wildman–Crippen MR) is 121 cm³/mol. The summed E-state index contributed by atoms with van der Waals surface area (Å²) in [5, 5.41) is 6.82. The van der Waals surface area contributed by atoms with Gasteiger partial charge >= 0.3 is 0 Å². The predicted octanol–water partition coefficient (Wildman–Crippen LogP) is 3.62. The van der Waals surface area contributed by atoms with Gasteiger partial charge in [-0.05, 0) is 45.1 Å². The van der Waals surface area contributed by atoms with E-state index in [9.17, 15) is 0 Å². The van der Waals surface area contributed by atoms with Gasteiger partial charge in [0, 0.05) is 32.8 Å². The van der Waals surface area contributed by atoms with Gasteiger partial charge in [0.05, 0.1) is 13.2 Å². The summed E-state index contributed by atoms with van der Waals surface area (Å²) in [7, 11) is 1.69. The van der Waals surface area contributed by atoms with Crippen LogP contribution in [-0.4, -0.2) is 52.0 Å². The number of aliphatic imine (C=N–C) groups is 1. The Morgan fingerprint density at radius 3 is 2.58 bits per heavy atom. The van der Waals surface area contributed by atoms with Crippen LogP contribution in [0.4, 0.5) is 0 Å². The molecule has 0 aliphatic rings. The monoisotopic (exact) mass is 477 g/mol. The summed E-state index contributed by atoms with van der Waals surface area (Å²) in [6.07, 6.45) is 4.22. The van der Waals surface area contributed by atoms with E-state index in [1.54, 1.807) is 7.11 Å². The highest BCUT2D eigenvalue weighted by molar-refractivity contribution is 14.0. The van der Waals surface area contributed by atoms with Gasteiger partial charge in [-0.25, -0.2) is 0 Å². The van der Waals surface area contributed by atoms with Crippen LogP contribution in [0.2, 0.25) is 0 Å². The van der Waals surface area contributed by atoms with Crippen molar-refractivity contribution in [1.29, 1.82) is 0 Å². The van der Waals surface area contributed by atoms with E-state index >= 15 is 0 Å². The standard InChI is InChI=1S/C20H35N3O2.HI/c1-4-21-20(22-14-8-9-15-25-17-16-24-3)23-18(2)12-13-19-10-6-5-7-11-19;/h5-7,10-11,18H,4,8-9,12-17H2,1-3H3,(H2,21,22,23);1H. The average Bonchev–Trinajstić information content (AvgIpc) is 2.63. The molecule has 0 aromatic heterocycles. The Bertz CT molecular complexity index is 458. The van der Waals surface area contributed by atoms with E-state index in [1.807, 2.05) is 0 Å². The van der Waals surface area contributed by atoms with Crippen LogP contribution in [0, 0.1) is 0 Å². The molecule has 5 nitrogen and oxygen atoms in total. The van der Waals surface area contributed by atoms with E-state index in [0.29, 0.717) is 19.3 Å². The van der Waals surface area contributed by atoms with Crippen LogP contribution < -0.4 is 10.6 Å². The summed E-state index contributed by atoms with van der Waals surface area (Å²) < 4.78 is 10.4. The lowest BCUT2D eigenvalue weighted by atomic mass is 10.1. The van der Waals surface area contributed by atoms with Crippen molar-refractivity contribution < 1.29 is 9.47 Å². The second-order valence-corrected chi connectivity index (χ2v) is 6.14. The Morgan fingerprint density at radius 1 is 1.12 bits per heavy atom. The van der Waals surface area contributed by atoms with Gasteiger partial charge in [0.15, 0.2) is 5.96 Å². The highest BCUT2D eigenvalue weighted by Crippen LogP contribution is 2.04. The zero-order chi connectivity index (χ0) is 18.2. The van der Waals surface area contributed by atoms with Crippen molar-refractivity contribution in [2.24, 2.45) is 4.99 Å². The summed E-state index contributed by atoms with van der Waals surface area (Å²) in [6, 6.07) is 11.0. The molecule has 26 heavy (non-hydrogen) atoms. The van der Waals surface area contributed by atoms with Gasteiger partial charge in [-0.3, -0.25) is 4.99 Å². The highest BCUT2D eigenvalue weighted by Gasteiger charge is 2.05. The first-order chi connectivity index (χ1) is 12.3. The minimum Gasteiger partial charge on any atom is -0.382 e. The van der Waals surface area contributed by atoms with E-state index in [1.165, 1.54) is 5.56 Å². The molecule has 0 saturated heterocycles. The largest absolute Gasteiger partial charge is 0.382 e. The fourth-order valence-electron chi connectivity index (χ4n) is 2.40. The van der Waals surface area contributed by atoms with Gasteiger partial charge < -0.3 is 20.1 Å². The van der Waals surface area contributed by atoms with Crippen LogP contribution in [-0.2, 0) is 15.9 Å². The van der Waals surface area contributed by atoms with Crippen LogP contribution in [0.3, 0.4) is 0 Å². The van der Waals surface area contributed by atoms with Gasteiger partial charge in [-0.1, -0.05) is 30.3 Å². The SMILES string of the molecule is CCNC(=NCCCCOCCOC)NC(C)CCc1ccccc1.I. The van der Waals surface area contributed by atoms with E-state index in [2.05, 4.69) is 59.8 Å². The molecule has 0 heterocycles. The van der Waals surface area contributed by atoms with Crippen LogP contribution in [0.1, 0.15) is 38.7 Å². The molecule has 0 radical (unpaired) electrons. The molecule has 0 fully saturated rings. The first-order valence-electron chi connectivity index (χ1n) is 9.41. The zero-order valence-electron chi connectivity index (χ0n) is 16.5. The summed E-state index contributed by atoms with van der Waals surface area (Å²) in [5.74, 6) is 0.906. The highest BCUT2D eigenvalue weighted by atomic mass is 127. The van der Waals surface area contributed by atoms with E-state index in [-0.39, 0.29) is 24.0 Å². The number of halogens is 1. The Morgan fingerprint density at radius 2 is 1.88 bits per heavy atom. The number of nitrogens with zero attached hydrogens (tertiary/aromatic N) is 1. The van der Waals surface area contributed by atoms with E-state index < -0.39 is 0 Å². The number of rotatable bonds is 13. The summed E-state index contributed by atoms with van der Waals surface area (Å²) in [5.41, 5.74) is 1.38. The van der Waals surface area contributed by atoms with Crippen molar-refractivity contribution in [2.75, 3.05) is 40.0 Å². The lowest BCUT2D eigenvalue weighted by molar-refractivity contribution is 0.0690. The summed E-state index contributed by atoms with van der Waals surface area (Å²) in [4.78, 5) is 4.66. The molecule has 6 heteroatoms. The molecule has 0 spiro atoms. The van der Waals surface area contributed by atoms with E-state index in [4.69, 9.17) is 9.47 Å². The Labute approximate surface area is 176 Å². The third kappa shape index (κ3) is 13.4. The quantitative estimate of drug-likeness (QED) is 0.197. The maximum Gasteiger partial charge on any atom is 0.191 e. The molecule has 0 aliphatic heterocycles.